The summed E-state index contributed by atoms with van der Waals surface area (Å²) in [5, 5.41) is 14.6. The van der Waals surface area contributed by atoms with Gasteiger partial charge in [0.15, 0.2) is 0 Å². The highest BCUT2D eigenvalue weighted by Crippen LogP contribution is 2.20. The van der Waals surface area contributed by atoms with E-state index in [0.29, 0.717) is 11.4 Å². The molecule has 0 spiro atoms. The van der Waals surface area contributed by atoms with Gasteiger partial charge in [-0.25, -0.2) is 4.39 Å². The maximum absolute atomic E-state index is 12.9. The fourth-order valence-corrected chi connectivity index (χ4v) is 2.64. The van der Waals surface area contributed by atoms with Crippen molar-refractivity contribution in [3.63, 3.8) is 0 Å². The summed E-state index contributed by atoms with van der Waals surface area (Å²) >= 11 is 5.20. The van der Waals surface area contributed by atoms with E-state index in [1.165, 1.54) is 29.3 Å². The summed E-state index contributed by atoms with van der Waals surface area (Å²) < 4.78 is 12.9. The van der Waals surface area contributed by atoms with Crippen molar-refractivity contribution in [2.24, 2.45) is 0 Å². The first-order valence-electron chi connectivity index (χ1n) is 7.44. The number of nitrogens with zero attached hydrogens (tertiary/aromatic N) is 2. The van der Waals surface area contributed by atoms with Gasteiger partial charge >= 0.3 is 0 Å². The predicted molar refractivity (Wildman–Crippen MR) is 96.7 cm³/mol. The molecule has 0 atom stereocenters. The number of benzene rings is 1. The van der Waals surface area contributed by atoms with E-state index < -0.39 is 5.91 Å². The van der Waals surface area contributed by atoms with Crippen molar-refractivity contribution in [3.05, 3.63) is 65.4 Å². The van der Waals surface area contributed by atoms with Crippen LogP contribution in [0.4, 0.5) is 15.8 Å². The third-order valence-electron chi connectivity index (χ3n) is 3.60. The number of aromatic nitrogens is 1. The Balaban J connectivity index is 1.78. The molecule has 1 aliphatic rings. The quantitative estimate of drug-likeness (QED) is 0.732. The second-order valence-electron chi connectivity index (χ2n) is 5.47. The molecule has 25 heavy (non-hydrogen) atoms. The monoisotopic (exact) mass is 358 g/mol. The first-order valence-corrected chi connectivity index (χ1v) is 7.85. The number of hydrogen-bond donors (Lipinski definition) is 3. The van der Waals surface area contributed by atoms with E-state index >= 15 is 0 Å². The molecular formula is C17H15FN4O2S. The predicted octanol–water partition coefficient (Wildman–Crippen LogP) is 2.63. The van der Waals surface area contributed by atoms with E-state index in [0.717, 1.165) is 5.69 Å². The van der Waals surface area contributed by atoms with Gasteiger partial charge in [0, 0.05) is 11.4 Å². The lowest BCUT2D eigenvalue weighted by Crippen LogP contribution is -2.50. The van der Waals surface area contributed by atoms with Gasteiger partial charge in [0.25, 0.3) is 5.91 Å². The van der Waals surface area contributed by atoms with Crippen molar-refractivity contribution in [2.45, 2.75) is 6.92 Å². The minimum absolute atomic E-state index is 0.0179. The number of pyridine rings is 1. The van der Waals surface area contributed by atoms with Crippen molar-refractivity contribution in [1.29, 1.82) is 0 Å². The van der Waals surface area contributed by atoms with Crippen LogP contribution in [0.25, 0.3) is 0 Å². The standard InChI is InChI=1S/C17H15FN4O2S/c1-10-2-7-13(8-19-10)22-9-14(23)15(16(24)21-22)17(25)20-12-5-3-11(18)4-6-12/h2-8,23H,9H2,1H3,(H,20,25)(H,21,24). The van der Waals surface area contributed by atoms with Crippen molar-refractivity contribution in [2.75, 3.05) is 16.9 Å². The van der Waals surface area contributed by atoms with E-state index in [1.54, 1.807) is 18.3 Å². The number of hydrazine groups is 1. The van der Waals surface area contributed by atoms with Gasteiger partial charge in [-0.05, 0) is 43.3 Å². The number of anilines is 2. The van der Waals surface area contributed by atoms with Crippen molar-refractivity contribution in [3.8, 4) is 0 Å². The number of aliphatic hydroxyl groups is 1. The molecule has 0 bridgehead atoms. The minimum Gasteiger partial charge on any atom is -0.509 e. The van der Waals surface area contributed by atoms with Gasteiger partial charge in [0.1, 0.15) is 22.1 Å². The molecule has 1 aromatic carbocycles. The SMILES string of the molecule is Cc1ccc(N2CC(O)=C(C(=S)Nc3ccc(F)cc3)C(=O)N2)cn1. The smallest absolute Gasteiger partial charge is 0.276 e. The van der Waals surface area contributed by atoms with Gasteiger partial charge in [-0.1, -0.05) is 12.2 Å². The summed E-state index contributed by atoms with van der Waals surface area (Å²) in [5.41, 5.74) is 4.64. The van der Waals surface area contributed by atoms with E-state index in [-0.39, 0.29) is 28.7 Å². The Hall–Kier alpha value is -3.00. The minimum atomic E-state index is -0.538. The Kier molecular flexibility index (Phi) is 4.62. The molecule has 1 aromatic heterocycles. The van der Waals surface area contributed by atoms with Crippen molar-refractivity contribution >= 4 is 34.5 Å². The molecule has 1 aliphatic heterocycles. The summed E-state index contributed by atoms with van der Waals surface area (Å²) in [6.07, 6.45) is 1.60. The lowest BCUT2D eigenvalue weighted by molar-refractivity contribution is -0.117. The molecule has 0 unspecified atom stereocenters. The van der Waals surface area contributed by atoms with E-state index in [1.807, 2.05) is 6.92 Å². The number of carbonyl (C=O) groups is 1. The van der Waals surface area contributed by atoms with Crippen LogP contribution in [0, 0.1) is 12.7 Å². The molecular weight excluding hydrogens is 343 g/mol. The fraction of sp³-hybridized carbons (Fsp3) is 0.118. The highest BCUT2D eigenvalue weighted by molar-refractivity contribution is 7.81. The van der Waals surface area contributed by atoms with Gasteiger partial charge in [0.2, 0.25) is 0 Å². The van der Waals surface area contributed by atoms with Crippen LogP contribution in [0.3, 0.4) is 0 Å². The van der Waals surface area contributed by atoms with Crippen LogP contribution in [0.1, 0.15) is 5.69 Å². The summed E-state index contributed by atoms with van der Waals surface area (Å²) in [4.78, 5) is 16.6. The summed E-state index contributed by atoms with van der Waals surface area (Å²) in [6, 6.07) is 9.11. The van der Waals surface area contributed by atoms with Gasteiger partial charge in [-0.15, -0.1) is 0 Å². The highest BCUT2D eigenvalue weighted by Gasteiger charge is 2.28. The highest BCUT2D eigenvalue weighted by atomic mass is 32.1. The zero-order chi connectivity index (χ0) is 18.0. The van der Waals surface area contributed by atoms with Crippen LogP contribution in [0.2, 0.25) is 0 Å². The average Bonchev–Trinajstić information content (AvgIpc) is 2.57. The van der Waals surface area contributed by atoms with Crippen molar-refractivity contribution < 1.29 is 14.3 Å². The second-order valence-corrected chi connectivity index (χ2v) is 5.88. The number of amides is 1. The number of aryl methyl sites for hydroxylation is 1. The number of aliphatic hydroxyl groups excluding tert-OH is 1. The Labute approximate surface area is 149 Å². The average molecular weight is 358 g/mol. The first-order chi connectivity index (χ1) is 11.9. The Morgan fingerprint density at radius 1 is 1.32 bits per heavy atom. The third-order valence-corrected chi connectivity index (χ3v) is 3.90. The van der Waals surface area contributed by atoms with Gasteiger partial charge in [-0.3, -0.25) is 20.2 Å². The summed E-state index contributed by atoms with van der Waals surface area (Å²) in [5.74, 6) is -1.08. The molecule has 128 valence electrons. The Morgan fingerprint density at radius 2 is 2.04 bits per heavy atom. The first kappa shape index (κ1) is 16.8. The molecule has 0 radical (unpaired) electrons. The molecule has 0 saturated carbocycles. The number of halogens is 1. The molecule has 8 heteroatoms. The summed E-state index contributed by atoms with van der Waals surface area (Å²) in [7, 11) is 0. The van der Waals surface area contributed by atoms with Crippen LogP contribution in [-0.4, -0.2) is 27.5 Å². The maximum atomic E-state index is 12.9. The van der Waals surface area contributed by atoms with Crippen LogP contribution >= 0.6 is 12.2 Å². The largest absolute Gasteiger partial charge is 0.509 e. The Morgan fingerprint density at radius 3 is 2.64 bits per heavy atom. The molecule has 0 saturated heterocycles. The van der Waals surface area contributed by atoms with E-state index in [4.69, 9.17) is 12.2 Å². The van der Waals surface area contributed by atoms with Gasteiger partial charge in [-0.2, -0.15) is 0 Å². The van der Waals surface area contributed by atoms with Gasteiger partial charge in [0.05, 0.1) is 18.4 Å². The van der Waals surface area contributed by atoms with E-state index in [2.05, 4.69) is 15.7 Å². The molecule has 6 nitrogen and oxygen atoms in total. The number of rotatable bonds is 3. The van der Waals surface area contributed by atoms with Crippen LogP contribution in [0.5, 0.6) is 0 Å². The molecule has 3 N–H and O–H groups in total. The van der Waals surface area contributed by atoms with E-state index in [9.17, 15) is 14.3 Å². The molecule has 2 heterocycles. The second kappa shape index (κ2) is 6.86. The zero-order valence-corrected chi connectivity index (χ0v) is 14.1. The number of carbonyl (C=O) groups excluding carboxylic acids is 1. The van der Waals surface area contributed by atoms with Gasteiger partial charge < -0.3 is 10.4 Å². The summed E-state index contributed by atoms with van der Waals surface area (Å²) in [6.45, 7) is 1.91. The number of hydrogen-bond acceptors (Lipinski definition) is 5. The lowest BCUT2D eigenvalue weighted by atomic mass is 10.1. The molecule has 3 rings (SSSR count). The molecule has 1 amide bonds. The fourth-order valence-electron chi connectivity index (χ4n) is 2.31. The maximum Gasteiger partial charge on any atom is 0.276 e. The Bertz CT molecular complexity index is 850. The lowest BCUT2D eigenvalue weighted by Gasteiger charge is -2.30. The zero-order valence-electron chi connectivity index (χ0n) is 13.3. The van der Waals surface area contributed by atoms with Crippen LogP contribution < -0.4 is 15.8 Å². The topological polar surface area (TPSA) is 77.5 Å². The normalized spacial score (nSPS) is 14.3. The number of thiocarbonyl (C=S) groups is 1. The third kappa shape index (κ3) is 3.74. The molecule has 0 aliphatic carbocycles. The van der Waals surface area contributed by atoms with Crippen LogP contribution in [0.15, 0.2) is 53.9 Å². The molecule has 0 fully saturated rings. The number of nitrogens with one attached hydrogen (secondary N) is 2. The molecule has 2 aromatic rings. The van der Waals surface area contributed by atoms with Crippen molar-refractivity contribution in [1.82, 2.24) is 10.4 Å². The van der Waals surface area contributed by atoms with Crippen LogP contribution in [-0.2, 0) is 4.79 Å².